The first-order chi connectivity index (χ1) is 5.66. The Balaban J connectivity index is 3.11. The summed E-state index contributed by atoms with van der Waals surface area (Å²) in [6.07, 6.45) is 0.920. The van der Waals surface area contributed by atoms with Crippen LogP contribution >= 0.6 is 0 Å². The number of ether oxygens (including phenoxy) is 1. The van der Waals surface area contributed by atoms with E-state index in [1.807, 2.05) is 0 Å². The van der Waals surface area contributed by atoms with Crippen LogP contribution in [0.2, 0.25) is 0 Å². The Kier molecular flexibility index (Phi) is 6.00. The van der Waals surface area contributed by atoms with Gasteiger partial charge in [0.15, 0.2) is 0 Å². The first-order valence-electron chi connectivity index (χ1n) is 3.67. The van der Waals surface area contributed by atoms with Gasteiger partial charge in [-0.05, 0) is 6.42 Å². The van der Waals surface area contributed by atoms with E-state index in [9.17, 15) is 9.59 Å². The van der Waals surface area contributed by atoms with Crippen LogP contribution in [-0.4, -0.2) is 37.2 Å². The number of hydrogen-bond acceptors (Lipinski definition) is 3. The molecule has 0 radical (unpaired) electrons. The predicted octanol–water partition coefficient (Wildman–Crippen LogP) is -0.386. The molecule has 0 aliphatic rings. The minimum atomic E-state index is -0.991. The smallest absolute Gasteiger partial charge is 0.329 e. The van der Waals surface area contributed by atoms with Gasteiger partial charge in [-0.2, -0.15) is 0 Å². The van der Waals surface area contributed by atoms with Crippen molar-refractivity contribution in [3.8, 4) is 0 Å². The molecule has 5 nitrogen and oxygen atoms in total. The van der Waals surface area contributed by atoms with Crippen LogP contribution in [0.1, 0.15) is 12.8 Å². The van der Waals surface area contributed by atoms with Gasteiger partial charge in [0.25, 0.3) is 0 Å². The molecular weight excluding hydrogens is 162 g/mol. The largest absolute Gasteiger partial charge is 0.480 e. The maximum Gasteiger partial charge on any atom is 0.329 e. The van der Waals surface area contributed by atoms with Crippen LogP contribution in [-0.2, 0) is 14.3 Å². The third-order valence-corrected chi connectivity index (χ3v) is 1.20. The summed E-state index contributed by atoms with van der Waals surface area (Å²) in [5.41, 5.74) is 0. The highest BCUT2D eigenvalue weighted by Crippen LogP contribution is 1.89. The molecule has 0 saturated carbocycles. The van der Waals surface area contributed by atoms with Crippen LogP contribution < -0.4 is 5.32 Å². The van der Waals surface area contributed by atoms with Gasteiger partial charge in [-0.3, -0.25) is 4.79 Å². The fourth-order valence-corrected chi connectivity index (χ4v) is 0.619. The van der Waals surface area contributed by atoms with Crippen LogP contribution in [0.15, 0.2) is 0 Å². The normalized spacial score (nSPS) is 9.42. The molecule has 0 aliphatic carbocycles. The van der Waals surface area contributed by atoms with E-state index < -0.39 is 5.97 Å². The lowest BCUT2D eigenvalue weighted by Gasteiger charge is -2.00. The van der Waals surface area contributed by atoms with Crippen molar-refractivity contribution < 1.29 is 19.4 Å². The highest BCUT2D eigenvalue weighted by atomic mass is 16.5. The van der Waals surface area contributed by atoms with Crippen molar-refractivity contribution in [1.29, 1.82) is 0 Å². The van der Waals surface area contributed by atoms with Gasteiger partial charge in [-0.15, -0.1) is 0 Å². The second-order valence-corrected chi connectivity index (χ2v) is 2.22. The molecule has 0 bridgehead atoms. The van der Waals surface area contributed by atoms with Gasteiger partial charge in [-0.25, -0.2) is 4.79 Å². The van der Waals surface area contributed by atoms with E-state index in [-0.39, 0.29) is 12.5 Å². The Hall–Kier alpha value is -1.10. The zero-order chi connectivity index (χ0) is 9.40. The van der Waals surface area contributed by atoms with Gasteiger partial charge >= 0.3 is 5.97 Å². The molecule has 0 aromatic rings. The van der Waals surface area contributed by atoms with E-state index in [0.717, 1.165) is 0 Å². The maximum atomic E-state index is 10.6. The molecule has 0 aromatic heterocycles. The molecule has 2 N–H and O–H groups in total. The number of carbonyl (C=O) groups excluding carboxylic acids is 1. The first-order valence-corrected chi connectivity index (χ1v) is 3.67. The zero-order valence-electron chi connectivity index (χ0n) is 7.00. The van der Waals surface area contributed by atoms with E-state index in [1.54, 1.807) is 7.05 Å². The highest BCUT2D eigenvalue weighted by Gasteiger charge is 1.98. The molecular formula is C7H13NO4. The first kappa shape index (κ1) is 10.9. The van der Waals surface area contributed by atoms with Crippen LogP contribution in [0.25, 0.3) is 0 Å². The summed E-state index contributed by atoms with van der Waals surface area (Å²) in [5.74, 6) is -1.05. The van der Waals surface area contributed by atoms with Crippen LogP contribution in [0.3, 0.4) is 0 Å². The Morgan fingerprint density at radius 2 is 2.17 bits per heavy atom. The predicted molar refractivity (Wildman–Crippen MR) is 41.8 cm³/mol. The summed E-state index contributed by atoms with van der Waals surface area (Å²) >= 11 is 0. The lowest BCUT2D eigenvalue weighted by molar-refractivity contribution is -0.142. The maximum absolute atomic E-state index is 10.6. The number of rotatable bonds is 6. The number of nitrogens with one attached hydrogen (secondary N) is 1. The summed E-state index contributed by atoms with van der Waals surface area (Å²) < 4.78 is 4.71. The van der Waals surface area contributed by atoms with Crippen molar-refractivity contribution >= 4 is 11.9 Å². The van der Waals surface area contributed by atoms with Crippen LogP contribution in [0, 0.1) is 0 Å². The number of carbonyl (C=O) groups is 2. The van der Waals surface area contributed by atoms with Gasteiger partial charge in [0, 0.05) is 20.1 Å². The van der Waals surface area contributed by atoms with Gasteiger partial charge in [-0.1, -0.05) is 0 Å². The summed E-state index contributed by atoms with van der Waals surface area (Å²) in [6, 6.07) is 0. The highest BCUT2D eigenvalue weighted by molar-refractivity contribution is 5.75. The Morgan fingerprint density at radius 1 is 1.50 bits per heavy atom. The van der Waals surface area contributed by atoms with Crippen molar-refractivity contribution in [2.75, 3.05) is 20.3 Å². The molecule has 70 valence electrons. The number of hydrogen-bond donors (Lipinski definition) is 2. The lowest BCUT2D eigenvalue weighted by atomic mass is 10.3. The second kappa shape index (κ2) is 6.60. The summed E-state index contributed by atoms with van der Waals surface area (Å²) in [5, 5.41) is 10.6. The Labute approximate surface area is 70.7 Å². The minimum Gasteiger partial charge on any atom is -0.480 e. The molecule has 0 unspecified atom stereocenters. The molecule has 0 rings (SSSR count). The average Bonchev–Trinajstić information content (AvgIpc) is 2.03. The third kappa shape index (κ3) is 7.01. The molecule has 0 aliphatic heterocycles. The van der Waals surface area contributed by atoms with E-state index in [0.29, 0.717) is 19.4 Å². The zero-order valence-corrected chi connectivity index (χ0v) is 7.00. The minimum absolute atomic E-state index is 0.0612. The van der Waals surface area contributed by atoms with Gasteiger partial charge in [0.1, 0.15) is 6.61 Å². The third-order valence-electron chi connectivity index (χ3n) is 1.20. The SMILES string of the molecule is CNC(=O)CCCOCC(=O)O. The molecule has 0 spiro atoms. The van der Waals surface area contributed by atoms with Crippen molar-refractivity contribution in [1.82, 2.24) is 5.32 Å². The number of carboxylic acid groups (broad SMARTS) is 1. The van der Waals surface area contributed by atoms with Crippen molar-refractivity contribution in [2.45, 2.75) is 12.8 Å². The van der Waals surface area contributed by atoms with E-state index in [1.165, 1.54) is 0 Å². The molecule has 0 atom stereocenters. The van der Waals surface area contributed by atoms with Crippen LogP contribution in [0.5, 0.6) is 0 Å². The quantitative estimate of drug-likeness (QED) is 0.539. The Morgan fingerprint density at radius 3 is 2.67 bits per heavy atom. The molecule has 0 fully saturated rings. The standard InChI is InChI=1S/C7H13NO4/c1-8-6(9)3-2-4-12-5-7(10)11/h2-5H2,1H3,(H,8,9)(H,10,11). The van der Waals surface area contributed by atoms with Gasteiger partial charge < -0.3 is 15.2 Å². The molecule has 0 aromatic carbocycles. The summed E-state index contributed by atoms with van der Waals surface area (Å²) in [7, 11) is 1.56. The molecule has 0 saturated heterocycles. The number of carboxylic acids is 1. The summed E-state index contributed by atoms with van der Waals surface area (Å²) in [4.78, 5) is 20.6. The van der Waals surface area contributed by atoms with Crippen LogP contribution in [0.4, 0.5) is 0 Å². The van der Waals surface area contributed by atoms with E-state index >= 15 is 0 Å². The molecule has 5 heteroatoms. The number of aliphatic carboxylic acids is 1. The van der Waals surface area contributed by atoms with Crippen molar-refractivity contribution in [3.05, 3.63) is 0 Å². The average molecular weight is 175 g/mol. The fourth-order valence-electron chi connectivity index (χ4n) is 0.619. The summed E-state index contributed by atoms with van der Waals surface area (Å²) in [6.45, 7) is 0.00740. The molecule has 0 heterocycles. The molecule has 1 amide bonds. The fraction of sp³-hybridized carbons (Fsp3) is 0.714. The monoisotopic (exact) mass is 175 g/mol. The Bertz CT molecular complexity index is 157. The van der Waals surface area contributed by atoms with E-state index in [4.69, 9.17) is 9.84 Å². The van der Waals surface area contributed by atoms with Crippen molar-refractivity contribution in [2.24, 2.45) is 0 Å². The molecule has 12 heavy (non-hydrogen) atoms. The van der Waals surface area contributed by atoms with Crippen molar-refractivity contribution in [3.63, 3.8) is 0 Å². The number of amides is 1. The van der Waals surface area contributed by atoms with Gasteiger partial charge in [0.2, 0.25) is 5.91 Å². The van der Waals surface area contributed by atoms with Gasteiger partial charge in [0.05, 0.1) is 0 Å². The second-order valence-electron chi connectivity index (χ2n) is 2.22. The lowest BCUT2D eigenvalue weighted by Crippen LogP contribution is -2.18. The van der Waals surface area contributed by atoms with E-state index in [2.05, 4.69) is 5.32 Å². The topological polar surface area (TPSA) is 75.6 Å².